The molecule has 0 bridgehead atoms. The van der Waals surface area contributed by atoms with E-state index in [1.807, 2.05) is 0 Å². The van der Waals surface area contributed by atoms with Crippen molar-refractivity contribution in [3.05, 3.63) is 0 Å². The Morgan fingerprint density at radius 1 is 1.53 bits per heavy atom. The SMILES string of the molecule is CC(CC(N)C1CCN(C)CC1)C(=O)O. The molecule has 1 aliphatic heterocycles. The predicted octanol–water partition coefficient (Wildman–Crippen LogP) is 0.766. The molecule has 1 fully saturated rings. The van der Waals surface area contributed by atoms with Gasteiger partial charge in [-0.2, -0.15) is 0 Å². The fourth-order valence-electron chi connectivity index (χ4n) is 2.16. The molecule has 2 unspecified atom stereocenters. The van der Waals surface area contributed by atoms with E-state index in [2.05, 4.69) is 11.9 Å². The summed E-state index contributed by atoms with van der Waals surface area (Å²) in [7, 11) is 2.11. The molecule has 4 nitrogen and oxygen atoms in total. The molecule has 2 atom stereocenters. The lowest BCUT2D eigenvalue weighted by atomic mass is 9.85. The first-order valence-electron chi connectivity index (χ1n) is 5.67. The Balaban J connectivity index is 2.33. The molecule has 1 heterocycles. The van der Waals surface area contributed by atoms with Gasteiger partial charge in [0.1, 0.15) is 0 Å². The number of piperidine rings is 1. The van der Waals surface area contributed by atoms with Crippen molar-refractivity contribution in [2.24, 2.45) is 17.6 Å². The minimum Gasteiger partial charge on any atom is -0.481 e. The van der Waals surface area contributed by atoms with Crippen LogP contribution in [0.2, 0.25) is 0 Å². The number of hydrogen-bond donors (Lipinski definition) is 2. The van der Waals surface area contributed by atoms with E-state index in [1.165, 1.54) is 0 Å². The maximum Gasteiger partial charge on any atom is 0.306 e. The second-order valence-electron chi connectivity index (χ2n) is 4.78. The molecule has 1 saturated heterocycles. The van der Waals surface area contributed by atoms with Crippen molar-refractivity contribution in [1.82, 2.24) is 4.90 Å². The van der Waals surface area contributed by atoms with Crippen molar-refractivity contribution >= 4 is 5.97 Å². The van der Waals surface area contributed by atoms with Crippen molar-refractivity contribution in [3.8, 4) is 0 Å². The molecule has 0 aliphatic carbocycles. The number of nitrogens with zero attached hydrogens (tertiary/aromatic N) is 1. The summed E-state index contributed by atoms with van der Waals surface area (Å²) in [6.07, 6.45) is 2.80. The molecule has 0 radical (unpaired) electrons. The van der Waals surface area contributed by atoms with Gasteiger partial charge in [-0.3, -0.25) is 4.79 Å². The summed E-state index contributed by atoms with van der Waals surface area (Å²) < 4.78 is 0. The molecule has 1 aliphatic rings. The van der Waals surface area contributed by atoms with Crippen molar-refractivity contribution in [1.29, 1.82) is 0 Å². The highest BCUT2D eigenvalue weighted by Crippen LogP contribution is 2.22. The van der Waals surface area contributed by atoms with Crippen LogP contribution in [-0.4, -0.2) is 42.2 Å². The first kappa shape index (κ1) is 12.5. The number of likely N-dealkylation sites (tertiary alicyclic amines) is 1. The van der Waals surface area contributed by atoms with Crippen LogP contribution in [0.15, 0.2) is 0 Å². The summed E-state index contributed by atoms with van der Waals surface area (Å²) in [4.78, 5) is 13.0. The van der Waals surface area contributed by atoms with Crippen molar-refractivity contribution < 1.29 is 9.90 Å². The largest absolute Gasteiger partial charge is 0.481 e. The van der Waals surface area contributed by atoms with Gasteiger partial charge >= 0.3 is 5.97 Å². The van der Waals surface area contributed by atoms with E-state index in [0.29, 0.717) is 12.3 Å². The monoisotopic (exact) mass is 214 g/mol. The van der Waals surface area contributed by atoms with E-state index in [0.717, 1.165) is 25.9 Å². The number of carboxylic acids is 1. The van der Waals surface area contributed by atoms with Gasteiger partial charge in [0.15, 0.2) is 0 Å². The fourth-order valence-corrected chi connectivity index (χ4v) is 2.16. The van der Waals surface area contributed by atoms with E-state index in [4.69, 9.17) is 10.8 Å². The number of aliphatic carboxylic acids is 1. The van der Waals surface area contributed by atoms with Gasteiger partial charge in [0.05, 0.1) is 5.92 Å². The van der Waals surface area contributed by atoms with E-state index < -0.39 is 5.97 Å². The smallest absolute Gasteiger partial charge is 0.306 e. The summed E-state index contributed by atoms with van der Waals surface area (Å²) in [5.41, 5.74) is 6.05. The summed E-state index contributed by atoms with van der Waals surface area (Å²) >= 11 is 0. The van der Waals surface area contributed by atoms with E-state index in [-0.39, 0.29) is 12.0 Å². The summed E-state index contributed by atoms with van der Waals surface area (Å²) in [5, 5.41) is 8.81. The van der Waals surface area contributed by atoms with Crippen LogP contribution in [0.5, 0.6) is 0 Å². The molecular weight excluding hydrogens is 192 g/mol. The van der Waals surface area contributed by atoms with Crippen LogP contribution >= 0.6 is 0 Å². The number of rotatable bonds is 4. The highest BCUT2D eigenvalue weighted by molar-refractivity contribution is 5.69. The average molecular weight is 214 g/mol. The van der Waals surface area contributed by atoms with Gasteiger partial charge in [-0.05, 0) is 45.3 Å². The fraction of sp³-hybridized carbons (Fsp3) is 0.909. The third-order valence-corrected chi connectivity index (χ3v) is 3.42. The van der Waals surface area contributed by atoms with Gasteiger partial charge in [-0.25, -0.2) is 0 Å². The second kappa shape index (κ2) is 5.47. The molecule has 0 spiro atoms. The zero-order chi connectivity index (χ0) is 11.4. The molecule has 0 amide bonds. The van der Waals surface area contributed by atoms with E-state index in [1.54, 1.807) is 6.92 Å². The van der Waals surface area contributed by atoms with Crippen molar-refractivity contribution in [2.45, 2.75) is 32.2 Å². The third kappa shape index (κ3) is 3.80. The normalized spacial score (nSPS) is 23.7. The lowest BCUT2D eigenvalue weighted by molar-refractivity contribution is -0.141. The quantitative estimate of drug-likeness (QED) is 0.725. The zero-order valence-electron chi connectivity index (χ0n) is 9.65. The highest BCUT2D eigenvalue weighted by atomic mass is 16.4. The topological polar surface area (TPSA) is 66.6 Å². The molecule has 88 valence electrons. The Morgan fingerprint density at radius 3 is 2.53 bits per heavy atom. The summed E-state index contributed by atoms with van der Waals surface area (Å²) in [5.74, 6) is -0.555. The molecule has 0 aromatic heterocycles. The van der Waals surface area contributed by atoms with Gasteiger partial charge in [-0.1, -0.05) is 6.92 Å². The Hall–Kier alpha value is -0.610. The lowest BCUT2D eigenvalue weighted by Crippen LogP contribution is -2.40. The summed E-state index contributed by atoms with van der Waals surface area (Å²) in [6.45, 7) is 3.90. The number of carboxylic acid groups (broad SMARTS) is 1. The Labute approximate surface area is 91.4 Å². The Morgan fingerprint density at radius 2 is 2.07 bits per heavy atom. The maximum absolute atomic E-state index is 10.7. The maximum atomic E-state index is 10.7. The van der Waals surface area contributed by atoms with Crippen molar-refractivity contribution in [3.63, 3.8) is 0 Å². The number of hydrogen-bond acceptors (Lipinski definition) is 3. The van der Waals surface area contributed by atoms with Crippen LogP contribution in [0.1, 0.15) is 26.2 Å². The predicted molar refractivity (Wildman–Crippen MR) is 59.6 cm³/mol. The molecule has 4 heteroatoms. The minimum absolute atomic E-state index is 0.0461. The van der Waals surface area contributed by atoms with Gasteiger partial charge in [0.25, 0.3) is 0 Å². The standard InChI is InChI=1S/C11H22N2O2/c1-8(11(14)15)7-10(12)9-3-5-13(2)6-4-9/h8-10H,3-7,12H2,1-2H3,(H,14,15). The number of nitrogens with two attached hydrogens (primary N) is 1. The number of carbonyl (C=O) groups is 1. The summed E-state index contributed by atoms with van der Waals surface area (Å²) in [6, 6.07) is 0.0461. The molecule has 15 heavy (non-hydrogen) atoms. The van der Waals surface area contributed by atoms with Gasteiger partial charge in [0, 0.05) is 6.04 Å². The molecule has 0 aromatic rings. The molecule has 0 saturated carbocycles. The van der Waals surface area contributed by atoms with Gasteiger partial charge in [0.2, 0.25) is 0 Å². The first-order chi connectivity index (χ1) is 7.00. The van der Waals surface area contributed by atoms with Gasteiger partial charge in [-0.15, -0.1) is 0 Å². The van der Waals surface area contributed by atoms with Gasteiger partial charge < -0.3 is 15.7 Å². The van der Waals surface area contributed by atoms with E-state index in [9.17, 15) is 4.79 Å². The lowest BCUT2D eigenvalue weighted by Gasteiger charge is -2.33. The first-order valence-corrected chi connectivity index (χ1v) is 5.67. The van der Waals surface area contributed by atoms with Crippen molar-refractivity contribution in [2.75, 3.05) is 20.1 Å². The van der Waals surface area contributed by atoms with Crippen LogP contribution in [0.3, 0.4) is 0 Å². The molecular formula is C11H22N2O2. The van der Waals surface area contributed by atoms with E-state index >= 15 is 0 Å². The Bertz CT molecular complexity index is 213. The third-order valence-electron chi connectivity index (χ3n) is 3.42. The highest BCUT2D eigenvalue weighted by Gasteiger charge is 2.25. The molecule has 1 rings (SSSR count). The van der Waals surface area contributed by atoms with Crippen LogP contribution in [0.4, 0.5) is 0 Å². The van der Waals surface area contributed by atoms with Crippen LogP contribution in [-0.2, 0) is 4.79 Å². The molecule has 3 N–H and O–H groups in total. The molecule has 0 aromatic carbocycles. The van der Waals surface area contributed by atoms with Crippen LogP contribution < -0.4 is 5.73 Å². The Kier molecular flexibility index (Phi) is 4.54. The average Bonchev–Trinajstić information content (AvgIpc) is 2.18. The second-order valence-corrected chi connectivity index (χ2v) is 4.78. The zero-order valence-corrected chi connectivity index (χ0v) is 9.65. The minimum atomic E-state index is -0.738. The van der Waals surface area contributed by atoms with Crippen LogP contribution in [0, 0.1) is 11.8 Å². The van der Waals surface area contributed by atoms with Crippen LogP contribution in [0.25, 0.3) is 0 Å².